The van der Waals surface area contributed by atoms with Crippen LogP contribution < -0.4 is 10.2 Å². The minimum atomic E-state index is 0.390. The Hall–Kier alpha value is -1.22. The maximum absolute atomic E-state index is 9.59. The SMILES string of the molecule is Cc1c(O)cccc1N1CCNCC1. The van der Waals surface area contributed by atoms with Crippen molar-refractivity contribution >= 4 is 5.69 Å². The molecule has 0 aliphatic carbocycles. The van der Waals surface area contributed by atoms with Crippen LogP contribution in [0.25, 0.3) is 0 Å². The fourth-order valence-corrected chi connectivity index (χ4v) is 1.86. The highest BCUT2D eigenvalue weighted by Crippen LogP contribution is 2.27. The number of phenolic OH excluding ortho intramolecular Hbond substituents is 1. The van der Waals surface area contributed by atoms with Crippen LogP contribution in [0.5, 0.6) is 5.75 Å². The first-order chi connectivity index (χ1) is 6.79. The molecule has 1 aliphatic rings. The molecule has 3 nitrogen and oxygen atoms in total. The Morgan fingerprint density at radius 3 is 2.71 bits per heavy atom. The van der Waals surface area contributed by atoms with Crippen molar-refractivity contribution in [1.29, 1.82) is 0 Å². The zero-order chi connectivity index (χ0) is 9.97. The van der Waals surface area contributed by atoms with Crippen molar-refractivity contribution in [1.82, 2.24) is 5.32 Å². The van der Waals surface area contributed by atoms with E-state index in [1.54, 1.807) is 6.07 Å². The average Bonchev–Trinajstić information content (AvgIpc) is 2.23. The molecule has 14 heavy (non-hydrogen) atoms. The molecular formula is C11H16N2O. The van der Waals surface area contributed by atoms with E-state index in [-0.39, 0.29) is 0 Å². The van der Waals surface area contributed by atoms with Gasteiger partial charge < -0.3 is 15.3 Å². The molecule has 0 radical (unpaired) electrons. The number of piperazine rings is 1. The molecule has 76 valence electrons. The molecule has 2 rings (SSSR count). The molecule has 1 aliphatic heterocycles. The second-order valence-electron chi connectivity index (χ2n) is 3.66. The first kappa shape index (κ1) is 9.34. The summed E-state index contributed by atoms with van der Waals surface area (Å²) in [6.45, 7) is 6.05. The van der Waals surface area contributed by atoms with E-state index in [0.717, 1.165) is 37.4 Å². The highest BCUT2D eigenvalue weighted by molar-refractivity contribution is 5.58. The quantitative estimate of drug-likeness (QED) is 0.699. The summed E-state index contributed by atoms with van der Waals surface area (Å²) in [5.41, 5.74) is 2.14. The lowest BCUT2D eigenvalue weighted by Crippen LogP contribution is -2.43. The first-order valence-electron chi connectivity index (χ1n) is 5.03. The predicted octanol–water partition coefficient (Wildman–Crippen LogP) is 1.11. The molecule has 0 atom stereocenters. The van der Waals surface area contributed by atoms with E-state index < -0.39 is 0 Å². The minimum Gasteiger partial charge on any atom is -0.508 e. The normalized spacial score (nSPS) is 17.1. The standard InChI is InChI=1S/C11H16N2O/c1-9-10(3-2-4-11(9)14)13-7-5-12-6-8-13/h2-4,12,14H,5-8H2,1H3. The molecule has 0 aromatic heterocycles. The van der Waals surface area contributed by atoms with E-state index in [1.807, 2.05) is 13.0 Å². The Morgan fingerprint density at radius 1 is 1.29 bits per heavy atom. The van der Waals surface area contributed by atoms with Crippen molar-refractivity contribution in [2.24, 2.45) is 0 Å². The van der Waals surface area contributed by atoms with Crippen LogP contribution in [-0.4, -0.2) is 31.3 Å². The van der Waals surface area contributed by atoms with Crippen molar-refractivity contribution in [3.05, 3.63) is 23.8 Å². The molecule has 2 N–H and O–H groups in total. The molecule has 1 aromatic carbocycles. The molecule has 0 bridgehead atoms. The van der Waals surface area contributed by atoms with Crippen molar-refractivity contribution in [2.75, 3.05) is 31.1 Å². The monoisotopic (exact) mass is 192 g/mol. The van der Waals surface area contributed by atoms with Crippen molar-refractivity contribution in [2.45, 2.75) is 6.92 Å². The third kappa shape index (κ3) is 1.68. The Bertz CT molecular complexity index is 319. The van der Waals surface area contributed by atoms with Gasteiger partial charge in [-0.1, -0.05) is 6.07 Å². The zero-order valence-corrected chi connectivity index (χ0v) is 8.45. The smallest absolute Gasteiger partial charge is 0.120 e. The third-order valence-electron chi connectivity index (χ3n) is 2.73. The maximum atomic E-state index is 9.59. The lowest BCUT2D eigenvalue weighted by atomic mass is 10.1. The van der Waals surface area contributed by atoms with Gasteiger partial charge >= 0.3 is 0 Å². The lowest BCUT2D eigenvalue weighted by molar-refractivity contribution is 0.470. The number of hydrogen-bond acceptors (Lipinski definition) is 3. The van der Waals surface area contributed by atoms with Crippen LogP contribution in [-0.2, 0) is 0 Å². The summed E-state index contributed by atoms with van der Waals surface area (Å²) in [6, 6.07) is 5.71. The summed E-state index contributed by atoms with van der Waals surface area (Å²) in [7, 11) is 0. The summed E-state index contributed by atoms with van der Waals surface area (Å²) >= 11 is 0. The average molecular weight is 192 g/mol. The van der Waals surface area contributed by atoms with Gasteiger partial charge in [-0.2, -0.15) is 0 Å². The molecule has 0 spiro atoms. The zero-order valence-electron chi connectivity index (χ0n) is 8.45. The first-order valence-corrected chi connectivity index (χ1v) is 5.03. The number of nitrogens with one attached hydrogen (secondary N) is 1. The van der Waals surface area contributed by atoms with Crippen LogP contribution >= 0.6 is 0 Å². The summed E-state index contributed by atoms with van der Waals surface area (Å²) < 4.78 is 0. The maximum Gasteiger partial charge on any atom is 0.120 e. The van der Waals surface area contributed by atoms with Gasteiger partial charge in [-0.15, -0.1) is 0 Å². The van der Waals surface area contributed by atoms with E-state index in [9.17, 15) is 5.11 Å². The molecular weight excluding hydrogens is 176 g/mol. The number of rotatable bonds is 1. The van der Waals surface area contributed by atoms with E-state index in [0.29, 0.717) is 5.75 Å². The van der Waals surface area contributed by atoms with Gasteiger partial charge in [0.25, 0.3) is 0 Å². The molecule has 0 saturated carbocycles. The van der Waals surface area contributed by atoms with Gasteiger partial charge in [0.1, 0.15) is 5.75 Å². The van der Waals surface area contributed by atoms with E-state index >= 15 is 0 Å². The summed E-state index contributed by atoms with van der Waals surface area (Å²) in [5.74, 6) is 0.390. The van der Waals surface area contributed by atoms with Crippen molar-refractivity contribution in [3.63, 3.8) is 0 Å². The van der Waals surface area contributed by atoms with E-state index in [2.05, 4.69) is 16.3 Å². The number of anilines is 1. The number of phenols is 1. The number of benzene rings is 1. The Labute approximate surface area is 84.4 Å². The molecule has 1 heterocycles. The fraction of sp³-hybridized carbons (Fsp3) is 0.455. The highest BCUT2D eigenvalue weighted by Gasteiger charge is 2.13. The van der Waals surface area contributed by atoms with Crippen LogP contribution in [0.2, 0.25) is 0 Å². The van der Waals surface area contributed by atoms with Gasteiger partial charge in [-0.3, -0.25) is 0 Å². The van der Waals surface area contributed by atoms with Crippen LogP contribution in [0, 0.1) is 6.92 Å². The number of aromatic hydroxyl groups is 1. The Balaban J connectivity index is 2.26. The molecule has 1 saturated heterocycles. The van der Waals surface area contributed by atoms with Crippen LogP contribution in [0.4, 0.5) is 5.69 Å². The van der Waals surface area contributed by atoms with Crippen molar-refractivity contribution in [3.8, 4) is 5.75 Å². The minimum absolute atomic E-state index is 0.390. The van der Waals surface area contributed by atoms with Gasteiger partial charge in [0.05, 0.1) is 0 Å². The Kier molecular flexibility index (Phi) is 2.59. The predicted molar refractivity (Wildman–Crippen MR) is 57.9 cm³/mol. The second kappa shape index (κ2) is 3.88. The fourth-order valence-electron chi connectivity index (χ4n) is 1.86. The van der Waals surface area contributed by atoms with E-state index in [4.69, 9.17) is 0 Å². The lowest BCUT2D eigenvalue weighted by Gasteiger charge is -2.30. The topological polar surface area (TPSA) is 35.5 Å². The Morgan fingerprint density at radius 2 is 2.00 bits per heavy atom. The van der Waals surface area contributed by atoms with Gasteiger partial charge in [-0.05, 0) is 19.1 Å². The highest BCUT2D eigenvalue weighted by atomic mass is 16.3. The van der Waals surface area contributed by atoms with Gasteiger partial charge in [0.2, 0.25) is 0 Å². The van der Waals surface area contributed by atoms with Crippen LogP contribution in [0.15, 0.2) is 18.2 Å². The molecule has 0 amide bonds. The molecule has 1 fully saturated rings. The third-order valence-corrected chi connectivity index (χ3v) is 2.73. The van der Waals surface area contributed by atoms with Gasteiger partial charge in [-0.25, -0.2) is 0 Å². The molecule has 0 unspecified atom stereocenters. The van der Waals surface area contributed by atoms with Gasteiger partial charge in [0, 0.05) is 37.4 Å². The summed E-state index contributed by atoms with van der Waals surface area (Å²) in [4.78, 5) is 2.31. The van der Waals surface area contributed by atoms with Crippen LogP contribution in [0.3, 0.4) is 0 Å². The van der Waals surface area contributed by atoms with Gasteiger partial charge in [0.15, 0.2) is 0 Å². The number of hydrogen-bond donors (Lipinski definition) is 2. The second-order valence-corrected chi connectivity index (χ2v) is 3.66. The van der Waals surface area contributed by atoms with Crippen molar-refractivity contribution < 1.29 is 5.11 Å². The summed E-state index contributed by atoms with van der Waals surface area (Å²) in [5, 5.41) is 12.9. The van der Waals surface area contributed by atoms with Crippen LogP contribution in [0.1, 0.15) is 5.56 Å². The largest absolute Gasteiger partial charge is 0.508 e. The summed E-state index contributed by atoms with van der Waals surface area (Å²) in [6.07, 6.45) is 0. The molecule has 3 heteroatoms. The number of nitrogens with zero attached hydrogens (tertiary/aromatic N) is 1. The molecule has 1 aromatic rings. The van der Waals surface area contributed by atoms with E-state index in [1.165, 1.54) is 0 Å².